The van der Waals surface area contributed by atoms with Crippen LogP contribution < -0.4 is 10.0 Å². The third-order valence-electron chi connectivity index (χ3n) is 4.22. The molecule has 0 spiro atoms. The number of urea groups is 1. The Morgan fingerprint density at radius 3 is 2.50 bits per heavy atom. The number of halogens is 1. The van der Waals surface area contributed by atoms with E-state index in [4.69, 9.17) is 16.0 Å². The summed E-state index contributed by atoms with van der Waals surface area (Å²) in [6, 6.07) is 9.20. The van der Waals surface area contributed by atoms with Crippen molar-refractivity contribution >= 4 is 27.7 Å². The first kappa shape index (κ1) is 18.8. The number of likely N-dealkylation sites (tertiary alicyclic amines) is 1. The molecule has 7 nitrogen and oxygen atoms in total. The van der Waals surface area contributed by atoms with Crippen LogP contribution in [0.4, 0.5) is 4.79 Å². The predicted octanol–water partition coefficient (Wildman–Crippen LogP) is 2.59. The van der Waals surface area contributed by atoms with E-state index in [2.05, 4.69) is 10.0 Å². The van der Waals surface area contributed by atoms with Crippen LogP contribution in [0, 0.1) is 0 Å². The van der Waals surface area contributed by atoms with Crippen molar-refractivity contribution in [2.24, 2.45) is 0 Å². The largest absolute Gasteiger partial charge is 0.467 e. The average molecular weight is 398 g/mol. The van der Waals surface area contributed by atoms with Gasteiger partial charge in [-0.15, -0.1) is 0 Å². The number of amides is 2. The molecule has 1 aliphatic heterocycles. The summed E-state index contributed by atoms with van der Waals surface area (Å²) in [7, 11) is -3.59. The van der Waals surface area contributed by atoms with Crippen molar-refractivity contribution in [3.05, 3.63) is 53.4 Å². The lowest BCUT2D eigenvalue weighted by molar-refractivity contribution is 0.178. The molecule has 26 heavy (non-hydrogen) atoms. The van der Waals surface area contributed by atoms with Gasteiger partial charge in [0.05, 0.1) is 17.7 Å². The number of benzene rings is 1. The maximum absolute atomic E-state index is 12.4. The molecule has 0 unspecified atom stereocenters. The minimum absolute atomic E-state index is 0.180. The third-order valence-corrected chi connectivity index (χ3v) is 6.01. The van der Waals surface area contributed by atoms with E-state index in [1.165, 1.54) is 12.1 Å². The second-order valence-corrected chi connectivity index (χ2v) is 8.23. The Balaban J connectivity index is 1.48. The highest BCUT2D eigenvalue weighted by atomic mass is 35.5. The van der Waals surface area contributed by atoms with Gasteiger partial charge < -0.3 is 14.6 Å². The van der Waals surface area contributed by atoms with E-state index in [1.54, 1.807) is 35.4 Å². The summed E-state index contributed by atoms with van der Waals surface area (Å²) in [4.78, 5) is 14.0. The van der Waals surface area contributed by atoms with Gasteiger partial charge in [0.25, 0.3) is 0 Å². The van der Waals surface area contributed by atoms with Crippen molar-refractivity contribution < 1.29 is 17.6 Å². The van der Waals surface area contributed by atoms with Crippen LogP contribution in [-0.4, -0.2) is 38.5 Å². The second kappa shape index (κ2) is 8.11. The first-order valence-electron chi connectivity index (χ1n) is 8.27. The number of hydrogen-bond donors (Lipinski definition) is 2. The number of rotatable bonds is 5. The number of carbonyl (C=O) groups is 1. The lowest BCUT2D eigenvalue weighted by atomic mass is 10.1. The first-order chi connectivity index (χ1) is 12.4. The predicted molar refractivity (Wildman–Crippen MR) is 97.3 cm³/mol. The minimum atomic E-state index is -3.59. The minimum Gasteiger partial charge on any atom is -0.467 e. The van der Waals surface area contributed by atoms with Crippen molar-refractivity contribution in [1.29, 1.82) is 0 Å². The molecular weight excluding hydrogens is 378 g/mol. The lowest BCUT2D eigenvalue weighted by Gasteiger charge is -2.32. The van der Waals surface area contributed by atoms with E-state index in [0.29, 0.717) is 43.3 Å². The molecule has 2 N–H and O–H groups in total. The molecule has 9 heteroatoms. The highest BCUT2D eigenvalue weighted by Crippen LogP contribution is 2.17. The smallest absolute Gasteiger partial charge is 0.317 e. The fraction of sp³-hybridized carbons (Fsp3) is 0.353. The molecule has 1 saturated heterocycles. The molecule has 140 valence electrons. The molecule has 1 fully saturated rings. The van der Waals surface area contributed by atoms with Gasteiger partial charge in [-0.25, -0.2) is 17.9 Å². The van der Waals surface area contributed by atoms with Gasteiger partial charge in [0.15, 0.2) is 0 Å². The number of nitrogens with zero attached hydrogens (tertiary/aromatic N) is 1. The summed E-state index contributed by atoms with van der Waals surface area (Å²) < 4.78 is 32.7. The van der Waals surface area contributed by atoms with E-state index in [-0.39, 0.29) is 17.0 Å². The molecule has 0 saturated carbocycles. The second-order valence-electron chi connectivity index (χ2n) is 6.07. The number of sulfonamides is 1. The summed E-state index contributed by atoms with van der Waals surface area (Å²) in [5.41, 5.74) is 0. The Kier molecular flexibility index (Phi) is 5.85. The number of carbonyl (C=O) groups excluding carboxylic acids is 1. The molecule has 0 atom stereocenters. The van der Waals surface area contributed by atoms with Gasteiger partial charge in [0.2, 0.25) is 10.0 Å². The van der Waals surface area contributed by atoms with E-state index in [9.17, 15) is 13.2 Å². The normalized spacial score (nSPS) is 15.8. The Morgan fingerprint density at radius 1 is 1.19 bits per heavy atom. The molecule has 0 bridgehead atoms. The maximum atomic E-state index is 12.4. The number of piperidine rings is 1. The highest BCUT2D eigenvalue weighted by molar-refractivity contribution is 7.89. The van der Waals surface area contributed by atoms with Crippen LogP contribution in [-0.2, 0) is 16.6 Å². The fourth-order valence-electron chi connectivity index (χ4n) is 2.79. The summed E-state index contributed by atoms with van der Waals surface area (Å²) >= 11 is 5.79. The molecule has 1 aromatic heterocycles. The van der Waals surface area contributed by atoms with Crippen molar-refractivity contribution in [3.8, 4) is 0 Å². The van der Waals surface area contributed by atoms with Gasteiger partial charge in [0, 0.05) is 24.2 Å². The first-order valence-corrected chi connectivity index (χ1v) is 10.1. The molecular formula is C17H20ClN3O4S. The zero-order valence-corrected chi connectivity index (χ0v) is 15.6. The van der Waals surface area contributed by atoms with Gasteiger partial charge in [-0.1, -0.05) is 11.6 Å². The van der Waals surface area contributed by atoms with Crippen molar-refractivity contribution in [1.82, 2.24) is 14.9 Å². The van der Waals surface area contributed by atoms with E-state index in [1.807, 2.05) is 0 Å². The molecule has 1 aliphatic rings. The zero-order valence-electron chi connectivity index (χ0n) is 14.0. The summed E-state index contributed by atoms with van der Waals surface area (Å²) in [6.07, 6.45) is 2.67. The molecule has 2 heterocycles. The van der Waals surface area contributed by atoms with Crippen LogP contribution in [0.1, 0.15) is 18.6 Å². The van der Waals surface area contributed by atoms with Crippen LogP contribution in [0.3, 0.4) is 0 Å². The zero-order chi connectivity index (χ0) is 18.6. The number of nitrogens with one attached hydrogen (secondary N) is 2. The lowest BCUT2D eigenvalue weighted by Crippen LogP contribution is -2.49. The van der Waals surface area contributed by atoms with Crippen molar-refractivity contribution in [2.75, 3.05) is 13.1 Å². The summed E-state index contributed by atoms with van der Waals surface area (Å²) in [6.45, 7) is 1.30. The van der Waals surface area contributed by atoms with E-state index < -0.39 is 10.0 Å². The summed E-state index contributed by atoms with van der Waals surface area (Å²) in [5, 5.41) is 3.28. The molecule has 2 aromatic rings. The van der Waals surface area contributed by atoms with E-state index in [0.717, 1.165) is 0 Å². The van der Waals surface area contributed by atoms with Crippen LogP contribution in [0.2, 0.25) is 5.02 Å². The molecule has 3 rings (SSSR count). The van der Waals surface area contributed by atoms with Crippen LogP contribution in [0.25, 0.3) is 0 Å². The Labute approximate surface area is 157 Å². The van der Waals surface area contributed by atoms with Gasteiger partial charge in [-0.3, -0.25) is 0 Å². The fourth-order valence-corrected chi connectivity index (χ4v) is 4.22. The number of hydrogen-bond acceptors (Lipinski definition) is 4. The average Bonchev–Trinajstić information content (AvgIpc) is 3.14. The Morgan fingerprint density at radius 2 is 1.88 bits per heavy atom. The topological polar surface area (TPSA) is 91.7 Å². The van der Waals surface area contributed by atoms with Gasteiger partial charge in [0.1, 0.15) is 5.76 Å². The summed E-state index contributed by atoms with van der Waals surface area (Å²) in [5.74, 6) is 0.684. The SMILES string of the molecule is O=C(NCc1ccco1)N1CCC(NS(=O)(=O)c2ccc(Cl)cc2)CC1. The van der Waals surface area contributed by atoms with Gasteiger partial charge in [-0.05, 0) is 49.2 Å². The highest BCUT2D eigenvalue weighted by Gasteiger charge is 2.26. The van der Waals surface area contributed by atoms with Crippen LogP contribution >= 0.6 is 11.6 Å². The van der Waals surface area contributed by atoms with Gasteiger partial charge >= 0.3 is 6.03 Å². The monoisotopic (exact) mass is 397 g/mol. The van der Waals surface area contributed by atoms with Crippen LogP contribution in [0.5, 0.6) is 0 Å². The Bertz CT molecular complexity index is 829. The molecule has 1 aromatic carbocycles. The standard InChI is InChI=1S/C17H20ClN3O4S/c18-13-3-5-16(6-4-13)26(23,24)20-14-7-9-21(10-8-14)17(22)19-12-15-2-1-11-25-15/h1-6,11,14,20H,7-10,12H2,(H,19,22). The third kappa shape index (κ3) is 4.78. The maximum Gasteiger partial charge on any atom is 0.317 e. The quantitative estimate of drug-likeness (QED) is 0.811. The molecule has 0 radical (unpaired) electrons. The van der Waals surface area contributed by atoms with E-state index >= 15 is 0 Å². The van der Waals surface area contributed by atoms with Crippen LogP contribution in [0.15, 0.2) is 52.0 Å². The number of furan rings is 1. The molecule has 2 amide bonds. The molecule has 0 aliphatic carbocycles. The van der Waals surface area contributed by atoms with Crippen molar-refractivity contribution in [3.63, 3.8) is 0 Å². The Hall–Kier alpha value is -2.03. The van der Waals surface area contributed by atoms with Gasteiger partial charge in [-0.2, -0.15) is 0 Å². The van der Waals surface area contributed by atoms with Crippen molar-refractivity contribution in [2.45, 2.75) is 30.3 Å².